The minimum absolute atomic E-state index is 0.146. The molecular formula is C61H98O12. The van der Waals surface area contributed by atoms with E-state index in [2.05, 4.69) is 93.7 Å². The first-order valence-corrected chi connectivity index (χ1v) is 28.2. The summed E-state index contributed by atoms with van der Waals surface area (Å²) in [6.07, 6.45) is 51.3. The van der Waals surface area contributed by atoms with Gasteiger partial charge in [0.2, 0.25) is 0 Å². The molecule has 1 rings (SSSR count). The number of aliphatic hydroxyl groups is 2. The Hall–Kier alpha value is -4.36. The molecule has 0 bridgehead atoms. The van der Waals surface area contributed by atoms with E-state index in [0.29, 0.717) is 19.3 Å². The molecule has 0 aromatic heterocycles. The molecule has 414 valence electrons. The summed E-state index contributed by atoms with van der Waals surface area (Å²) in [7, 11) is 0. The van der Waals surface area contributed by atoms with Gasteiger partial charge in [-0.05, 0) is 83.5 Å². The van der Waals surface area contributed by atoms with Gasteiger partial charge in [-0.1, -0.05) is 208 Å². The Bertz CT molecular complexity index is 1640. The third kappa shape index (κ3) is 38.8. The molecule has 73 heavy (non-hydrogen) atoms. The van der Waals surface area contributed by atoms with Crippen LogP contribution in [0.2, 0.25) is 0 Å². The molecule has 0 aliphatic carbocycles. The van der Waals surface area contributed by atoms with Gasteiger partial charge < -0.3 is 39.0 Å². The Morgan fingerprint density at radius 3 is 1.41 bits per heavy atom. The number of ether oxygens (including phenoxy) is 5. The predicted molar refractivity (Wildman–Crippen MR) is 294 cm³/mol. The van der Waals surface area contributed by atoms with Crippen molar-refractivity contribution in [3.05, 3.63) is 97.2 Å². The Balaban J connectivity index is 2.71. The van der Waals surface area contributed by atoms with E-state index in [4.69, 9.17) is 23.7 Å². The first kappa shape index (κ1) is 66.7. The van der Waals surface area contributed by atoms with Crippen molar-refractivity contribution >= 4 is 23.9 Å². The van der Waals surface area contributed by atoms with Crippen molar-refractivity contribution in [2.24, 2.45) is 0 Å². The van der Waals surface area contributed by atoms with Gasteiger partial charge in [-0.15, -0.1) is 0 Å². The van der Waals surface area contributed by atoms with Gasteiger partial charge in [0.25, 0.3) is 0 Å². The molecule has 6 unspecified atom stereocenters. The number of carbonyl (C=O) groups excluding carboxylic acids is 3. The van der Waals surface area contributed by atoms with Crippen LogP contribution in [-0.4, -0.2) is 89.2 Å². The van der Waals surface area contributed by atoms with Gasteiger partial charge in [-0.3, -0.25) is 14.4 Å². The largest absolute Gasteiger partial charge is 0.479 e. The minimum Gasteiger partial charge on any atom is -0.479 e. The van der Waals surface area contributed by atoms with Crippen LogP contribution >= 0.6 is 0 Å². The zero-order valence-corrected chi connectivity index (χ0v) is 45.3. The maximum atomic E-state index is 13.0. The van der Waals surface area contributed by atoms with Gasteiger partial charge in [0.05, 0.1) is 13.0 Å². The summed E-state index contributed by atoms with van der Waals surface area (Å²) in [5.41, 5.74) is 0. The second-order valence-electron chi connectivity index (χ2n) is 18.9. The Kier molecular flexibility index (Phi) is 44.4. The molecule has 0 aromatic carbocycles. The lowest BCUT2D eigenvalue weighted by Gasteiger charge is -2.40. The van der Waals surface area contributed by atoms with Gasteiger partial charge in [0.15, 0.2) is 24.6 Å². The predicted octanol–water partition coefficient (Wildman–Crippen LogP) is 14.1. The molecule has 1 aliphatic heterocycles. The fourth-order valence-corrected chi connectivity index (χ4v) is 7.86. The zero-order chi connectivity index (χ0) is 53.3. The summed E-state index contributed by atoms with van der Waals surface area (Å²) >= 11 is 0. The van der Waals surface area contributed by atoms with Crippen molar-refractivity contribution in [1.29, 1.82) is 0 Å². The van der Waals surface area contributed by atoms with E-state index in [-0.39, 0.29) is 25.9 Å². The molecule has 6 atom stereocenters. The topological polar surface area (TPSA) is 175 Å². The monoisotopic (exact) mass is 1020 g/mol. The smallest absolute Gasteiger partial charge is 0.335 e. The van der Waals surface area contributed by atoms with Crippen molar-refractivity contribution in [2.75, 3.05) is 13.2 Å². The first-order valence-electron chi connectivity index (χ1n) is 28.2. The maximum Gasteiger partial charge on any atom is 0.335 e. The minimum atomic E-state index is -1.94. The van der Waals surface area contributed by atoms with E-state index in [1.807, 2.05) is 12.2 Å². The van der Waals surface area contributed by atoms with Crippen molar-refractivity contribution in [1.82, 2.24) is 0 Å². The molecule has 12 heteroatoms. The van der Waals surface area contributed by atoms with Gasteiger partial charge in [-0.2, -0.15) is 0 Å². The highest BCUT2D eigenvalue weighted by molar-refractivity contribution is 5.74. The van der Waals surface area contributed by atoms with E-state index in [9.17, 15) is 34.5 Å². The van der Waals surface area contributed by atoms with Gasteiger partial charge >= 0.3 is 23.9 Å². The van der Waals surface area contributed by atoms with Crippen LogP contribution in [0.25, 0.3) is 0 Å². The SMILES string of the molecule is CC/C=C\C/C=C\C/C=C\C/C=C\C/C=C\CC(=O)OC1C(OCC(COC(=O)CCCCCCCC/C=C\C/C=C\C/C=C\CCCCC)OC(=O)CCCCCCCCCCC)OC(C(=O)O)C(O)C1O. The second-order valence-corrected chi connectivity index (χ2v) is 18.9. The third-order valence-electron chi connectivity index (χ3n) is 12.2. The number of hydrogen-bond acceptors (Lipinski definition) is 11. The van der Waals surface area contributed by atoms with Gasteiger partial charge in [0.1, 0.15) is 18.8 Å². The number of hydrogen-bond donors (Lipinski definition) is 3. The lowest BCUT2D eigenvalue weighted by molar-refractivity contribution is -0.301. The Morgan fingerprint density at radius 2 is 0.904 bits per heavy atom. The number of carboxylic acids is 1. The molecule has 0 spiro atoms. The number of carbonyl (C=O) groups is 4. The fraction of sp³-hybridized carbons (Fsp3) is 0.672. The van der Waals surface area contributed by atoms with Crippen molar-refractivity contribution in [3.8, 4) is 0 Å². The van der Waals surface area contributed by atoms with Crippen LogP contribution in [0.3, 0.4) is 0 Å². The van der Waals surface area contributed by atoms with Crippen LogP contribution in [0.4, 0.5) is 0 Å². The molecule has 1 aliphatic rings. The molecule has 1 fully saturated rings. The number of esters is 3. The van der Waals surface area contributed by atoms with Crippen LogP contribution in [0, 0.1) is 0 Å². The summed E-state index contributed by atoms with van der Waals surface area (Å²) in [4.78, 5) is 50.9. The van der Waals surface area contributed by atoms with E-state index in [1.54, 1.807) is 12.2 Å². The normalized spacial score (nSPS) is 19.1. The van der Waals surface area contributed by atoms with Gasteiger partial charge in [0, 0.05) is 12.8 Å². The summed E-state index contributed by atoms with van der Waals surface area (Å²) in [6.45, 7) is 5.75. The van der Waals surface area contributed by atoms with Gasteiger partial charge in [-0.25, -0.2) is 4.79 Å². The van der Waals surface area contributed by atoms with Crippen LogP contribution in [0.1, 0.15) is 213 Å². The third-order valence-corrected chi connectivity index (χ3v) is 12.2. The van der Waals surface area contributed by atoms with Crippen molar-refractivity contribution in [3.63, 3.8) is 0 Å². The summed E-state index contributed by atoms with van der Waals surface area (Å²) in [6, 6.07) is 0. The highest BCUT2D eigenvalue weighted by atomic mass is 16.7. The molecule has 0 radical (unpaired) electrons. The van der Waals surface area contributed by atoms with E-state index < -0.39 is 67.3 Å². The van der Waals surface area contributed by atoms with Crippen LogP contribution in [0.5, 0.6) is 0 Å². The number of aliphatic carboxylic acids is 1. The first-order chi connectivity index (χ1) is 35.6. The lowest BCUT2D eigenvalue weighted by atomic mass is 9.98. The zero-order valence-electron chi connectivity index (χ0n) is 45.3. The van der Waals surface area contributed by atoms with E-state index in [0.717, 1.165) is 96.3 Å². The molecule has 1 saturated heterocycles. The standard InChI is InChI=1S/C61H98O12/c1-4-7-10-13-16-19-21-23-25-26-27-28-30-31-33-36-38-41-44-47-53(62)69-50-52(71-54(63)48-45-42-39-35-18-15-12-9-6-3)51-70-61-59(57(66)56(65)58(73-61)60(67)68)72-55(64)49-46-43-40-37-34-32-29-24-22-20-17-14-11-8-5-2/h8,11,16-17,19-20,23-25,27-29,34,37,43,46,52,56-59,61,65-66H,4-7,9-10,12-15,18,21-22,26,30-33,35-36,38-42,44-45,47-51H2,1-3H3,(H,67,68)/b11-8-,19-16-,20-17-,25-23-,28-27-,29-24-,37-34-,46-43-. The Labute approximate surface area is 441 Å². The number of rotatable bonds is 46. The molecule has 12 nitrogen and oxygen atoms in total. The highest BCUT2D eigenvalue weighted by Gasteiger charge is 2.50. The van der Waals surface area contributed by atoms with Crippen LogP contribution < -0.4 is 0 Å². The number of allylic oxidation sites excluding steroid dienone is 15. The number of unbranched alkanes of at least 4 members (excludes halogenated alkanes) is 17. The molecule has 0 amide bonds. The average molecular weight is 1020 g/mol. The number of carboxylic acid groups (broad SMARTS) is 1. The summed E-state index contributed by atoms with van der Waals surface area (Å²) < 4.78 is 28.2. The molecule has 1 heterocycles. The molecule has 0 saturated carbocycles. The fourth-order valence-electron chi connectivity index (χ4n) is 7.86. The molecule has 0 aromatic rings. The van der Waals surface area contributed by atoms with E-state index >= 15 is 0 Å². The Morgan fingerprint density at radius 1 is 0.479 bits per heavy atom. The molecule has 3 N–H and O–H groups in total. The quantitative estimate of drug-likeness (QED) is 0.0228. The van der Waals surface area contributed by atoms with Crippen LogP contribution in [0.15, 0.2) is 97.2 Å². The van der Waals surface area contributed by atoms with Crippen molar-refractivity contribution < 1.29 is 58.2 Å². The molecular weight excluding hydrogens is 925 g/mol. The number of aliphatic hydroxyl groups excluding tert-OH is 2. The van der Waals surface area contributed by atoms with Crippen molar-refractivity contribution in [2.45, 2.75) is 250 Å². The lowest BCUT2D eigenvalue weighted by Crippen LogP contribution is -2.61. The van der Waals surface area contributed by atoms with Crippen LogP contribution in [-0.2, 0) is 42.9 Å². The summed E-state index contributed by atoms with van der Waals surface area (Å²) in [5, 5.41) is 31.3. The summed E-state index contributed by atoms with van der Waals surface area (Å²) in [5.74, 6) is -3.31. The highest BCUT2D eigenvalue weighted by Crippen LogP contribution is 2.26. The average Bonchev–Trinajstić information content (AvgIpc) is 3.37. The maximum absolute atomic E-state index is 13.0. The van der Waals surface area contributed by atoms with E-state index in [1.165, 1.54) is 57.8 Å². The second kappa shape index (κ2) is 48.6.